The molecule has 1 aliphatic heterocycles. The number of rotatable bonds is 9. The first-order chi connectivity index (χ1) is 19.0. The van der Waals surface area contributed by atoms with Gasteiger partial charge >= 0.3 is 0 Å². The van der Waals surface area contributed by atoms with Crippen LogP contribution in [0.2, 0.25) is 0 Å². The summed E-state index contributed by atoms with van der Waals surface area (Å²) in [5, 5.41) is 17.3. The lowest BCUT2D eigenvalue weighted by atomic mass is 9.53. The third-order valence-corrected chi connectivity index (χ3v) is 8.14. The molecule has 40 heavy (non-hydrogen) atoms. The number of carbonyl (C=O) groups excluding carboxylic acids is 2. The Morgan fingerprint density at radius 1 is 1.15 bits per heavy atom. The van der Waals surface area contributed by atoms with Crippen molar-refractivity contribution in [2.75, 3.05) is 24.6 Å². The highest BCUT2D eigenvalue weighted by Crippen LogP contribution is 2.57. The first-order valence-corrected chi connectivity index (χ1v) is 13.7. The zero-order valence-electron chi connectivity index (χ0n) is 22.8. The second kappa shape index (κ2) is 9.67. The lowest BCUT2D eigenvalue weighted by Gasteiger charge is -2.57. The summed E-state index contributed by atoms with van der Waals surface area (Å²) in [4.78, 5) is 27.1. The maximum Gasteiger partial charge on any atom is 0.255 e. The number of anilines is 1. The zero-order chi connectivity index (χ0) is 28.2. The number of benzene rings is 1. The highest BCUT2D eigenvalue weighted by atomic mass is 16.5. The summed E-state index contributed by atoms with van der Waals surface area (Å²) in [7, 11) is 0. The van der Waals surface area contributed by atoms with Gasteiger partial charge in [-0.25, -0.2) is 4.52 Å². The van der Waals surface area contributed by atoms with Crippen LogP contribution in [0, 0.1) is 5.41 Å². The van der Waals surface area contributed by atoms with E-state index >= 15 is 0 Å². The molecule has 6 rings (SSSR count). The lowest BCUT2D eigenvalue weighted by molar-refractivity contribution is -0.0834. The smallest absolute Gasteiger partial charge is 0.255 e. The van der Waals surface area contributed by atoms with Gasteiger partial charge < -0.3 is 36.3 Å². The summed E-state index contributed by atoms with van der Waals surface area (Å²) in [6.07, 6.45) is 6.80. The first-order valence-electron chi connectivity index (χ1n) is 13.7. The van der Waals surface area contributed by atoms with Crippen LogP contribution in [-0.2, 0) is 0 Å². The summed E-state index contributed by atoms with van der Waals surface area (Å²) >= 11 is 0. The molecular formula is C29H36N6O5. The van der Waals surface area contributed by atoms with E-state index in [9.17, 15) is 14.7 Å². The van der Waals surface area contributed by atoms with E-state index in [1.165, 1.54) is 0 Å². The number of hydrogen-bond donors (Lipinski definition) is 4. The molecule has 2 amide bonds. The van der Waals surface area contributed by atoms with E-state index in [1.54, 1.807) is 49.0 Å². The molecule has 0 bridgehead atoms. The van der Waals surface area contributed by atoms with Crippen molar-refractivity contribution < 1.29 is 24.2 Å². The molecule has 2 aromatic heterocycles. The van der Waals surface area contributed by atoms with Crippen LogP contribution in [0.5, 0.6) is 11.5 Å². The highest BCUT2D eigenvalue weighted by molar-refractivity contribution is 6.00. The SMILES string of the molecule is CC(C)(O)COc1ccc2c(C(=O)NC3CC4(C3)CC(Oc3cc(N5CC(N)C5)ccc3C(N)=O)C4)cnn2c1. The number of carbonyl (C=O) groups is 2. The lowest BCUT2D eigenvalue weighted by Crippen LogP contribution is -2.58. The van der Waals surface area contributed by atoms with Crippen LogP contribution in [0.1, 0.15) is 60.2 Å². The number of ether oxygens (including phenoxy) is 2. The average Bonchev–Trinajstić information content (AvgIpc) is 3.25. The largest absolute Gasteiger partial charge is 0.489 e. The molecule has 11 heteroatoms. The number of primary amides is 1. The van der Waals surface area contributed by atoms with Gasteiger partial charge in [0.1, 0.15) is 18.1 Å². The van der Waals surface area contributed by atoms with Gasteiger partial charge in [-0.2, -0.15) is 5.10 Å². The van der Waals surface area contributed by atoms with Gasteiger partial charge in [0.25, 0.3) is 11.8 Å². The van der Waals surface area contributed by atoms with Crippen molar-refractivity contribution in [2.24, 2.45) is 16.9 Å². The van der Waals surface area contributed by atoms with Gasteiger partial charge in [0.15, 0.2) is 0 Å². The number of nitrogens with two attached hydrogens (primary N) is 2. The number of fused-ring (bicyclic) bond motifs is 1. The molecule has 1 saturated heterocycles. The van der Waals surface area contributed by atoms with Crippen molar-refractivity contribution in [3.8, 4) is 11.5 Å². The standard InChI is InChI=1S/C29H36N6O5/c1-28(2,38)16-39-20-4-6-24-23(12-32-35(24)15-20)27(37)33-18-8-29(9-18)10-21(11-29)40-25-7-19(34-13-17(30)14-34)3-5-22(25)26(31)36/h3-7,12,15,17-18,21,38H,8-11,13-14,16,30H2,1-2H3,(H2,31,36)(H,33,37). The number of amides is 2. The zero-order valence-corrected chi connectivity index (χ0v) is 22.8. The molecule has 2 aliphatic carbocycles. The first kappa shape index (κ1) is 26.4. The monoisotopic (exact) mass is 548 g/mol. The van der Waals surface area contributed by atoms with E-state index in [2.05, 4.69) is 15.3 Å². The molecule has 3 fully saturated rings. The molecule has 3 aromatic rings. The Kier molecular flexibility index (Phi) is 6.38. The third-order valence-electron chi connectivity index (χ3n) is 8.14. The molecule has 1 aromatic carbocycles. The van der Waals surface area contributed by atoms with E-state index in [4.69, 9.17) is 20.9 Å². The van der Waals surface area contributed by atoms with Crippen LogP contribution in [0.3, 0.4) is 0 Å². The number of hydrogen-bond acceptors (Lipinski definition) is 8. The minimum atomic E-state index is -0.947. The molecular weight excluding hydrogens is 512 g/mol. The Bertz CT molecular complexity index is 1440. The van der Waals surface area contributed by atoms with Crippen LogP contribution in [-0.4, -0.2) is 70.0 Å². The van der Waals surface area contributed by atoms with Gasteiger partial charge in [-0.15, -0.1) is 0 Å². The number of nitrogens with one attached hydrogen (secondary N) is 1. The molecule has 11 nitrogen and oxygen atoms in total. The highest BCUT2D eigenvalue weighted by Gasteiger charge is 2.54. The molecule has 2 saturated carbocycles. The summed E-state index contributed by atoms with van der Waals surface area (Å²) < 4.78 is 13.5. The summed E-state index contributed by atoms with van der Waals surface area (Å²) in [5.41, 5.74) is 13.3. The molecule has 0 radical (unpaired) electrons. The predicted molar refractivity (Wildman–Crippen MR) is 149 cm³/mol. The third kappa shape index (κ3) is 5.18. The quantitative estimate of drug-likeness (QED) is 0.316. The Labute approximate surface area is 232 Å². The second-order valence-electron chi connectivity index (χ2n) is 12.3. The fourth-order valence-electron chi connectivity index (χ4n) is 6.07. The molecule has 1 spiro atoms. The number of nitrogens with zero attached hydrogens (tertiary/aromatic N) is 3. The fraction of sp³-hybridized carbons (Fsp3) is 0.483. The van der Waals surface area contributed by atoms with Gasteiger partial charge in [0.2, 0.25) is 0 Å². The Hall–Kier alpha value is -3.83. The van der Waals surface area contributed by atoms with E-state index in [-0.39, 0.29) is 36.1 Å². The second-order valence-corrected chi connectivity index (χ2v) is 12.3. The van der Waals surface area contributed by atoms with Gasteiger partial charge in [-0.05, 0) is 69.2 Å². The average molecular weight is 549 g/mol. The van der Waals surface area contributed by atoms with Crippen molar-refractivity contribution in [1.82, 2.24) is 14.9 Å². The minimum absolute atomic E-state index is 0.0103. The molecule has 212 valence electrons. The number of aromatic nitrogens is 2. The van der Waals surface area contributed by atoms with Crippen LogP contribution in [0.4, 0.5) is 5.69 Å². The van der Waals surface area contributed by atoms with Crippen LogP contribution in [0.15, 0.2) is 42.7 Å². The number of pyridine rings is 1. The van der Waals surface area contributed by atoms with Crippen molar-refractivity contribution in [3.05, 3.63) is 53.9 Å². The maximum atomic E-state index is 13.0. The maximum absolute atomic E-state index is 13.0. The Morgan fingerprint density at radius 3 is 2.58 bits per heavy atom. The van der Waals surface area contributed by atoms with Crippen molar-refractivity contribution in [1.29, 1.82) is 0 Å². The Balaban J connectivity index is 1.02. The molecule has 0 unspecified atom stereocenters. The summed E-state index contributed by atoms with van der Waals surface area (Å²) in [5.74, 6) is 0.427. The van der Waals surface area contributed by atoms with Gasteiger partial charge in [0, 0.05) is 36.9 Å². The molecule has 3 aliphatic rings. The predicted octanol–water partition coefficient (Wildman–Crippen LogP) is 1.85. The van der Waals surface area contributed by atoms with E-state index in [0.29, 0.717) is 28.1 Å². The normalized spacial score (nSPS) is 24.2. The van der Waals surface area contributed by atoms with Crippen molar-refractivity contribution >= 4 is 23.0 Å². The molecule has 3 heterocycles. The topological polar surface area (TPSA) is 157 Å². The van der Waals surface area contributed by atoms with E-state index < -0.39 is 11.5 Å². The number of aliphatic hydroxyl groups is 1. The Morgan fingerprint density at radius 2 is 1.90 bits per heavy atom. The minimum Gasteiger partial charge on any atom is -0.489 e. The van der Waals surface area contributed by atoms with Crippen molar-refractivity contribution in [2.45, 2.75) is 63.3 Å². The molecule has 0 atom stereocenters. The van der Waals surface area contributed by atoms with Gasteiger partial charge in [-0.3, -0.25) is 9.59 Å². The van der Waals surface area contributed by atoms with Crippen LogP contribution >= 0.6 is 0 Å². The van der Waals surface area contributed by atoms with Crippen molar-refractivity contribution in [3.63, 3.8) is 0 Å². The summed E-state index contributed by atoms with van der Waals surface area (Å²) in [6.45, 7) is 5.06. The van der Waals surface area contributed by atoms with Crippen LogP contribution < -0.4 is 31.2 Å². The van der Waals surface area contributed by atoms with E-state index in [0.717, 1.165) is 44.5 Å². The van der Waals surface area contributed by atoms with Gasteiger partial charge in [0.05, 0.1) is 40.7 Å². The van der Waals surface area contributed by atoms with Crippen LogP contribution in [0.25, 0.3) is 5.52 Å². The van der Waals surface area contributed by atoms with E-state index in [1.807, 2.05) is 12.1 Å². The van der Waals surface area contributed by atoms with Gasteiger partial charge in [-0.1, -0.05) is 0 Å². The fourth-order valence-corrected chi connectivity index (χ4v) is 6.07. The summed E-state index contributed by atoms with van der Waals surface area (Å²) in [6, 6.07) is 9.33. The molecule has 6 N–H and O–H groups in total.